The Hall–Kier alpha value is -1.34. The number of aliphatic carboxylic acids is 1. The molecule has 2 aromatic heterocycles. The SMILES string of the molecule is CCc1cc2c(=O)n(C)c(SCC(=O)O)nc2s1. The van der Waals surface area contributed by atoms with Gasteiger partial charge in [-0.2, -0.15) is 0 Å². The molecule has 0 unspecified atom stereocenters. The van der Waals surface area contributed by atoms with Gasteiger partial charge in [0.2, 0.25) is 0 Å². The highest BCUT2D eigenvalue weighted by Gasteiger charge is 2.12. The number of nitrogens with zero attached hydrogens (tertiary/aromatic N) is 2. The van der Waals surface area contributed by atoms with Crippen molar-refractivity contribution in [3.8, 4) is 0 Å². The predicted molar refractivity (Wildman–Crippen MR) is 72.6 cm³/mol. The molecular formula is C11H12N2O3S2. The first-order valence-corrected chi connectivity index (χ1v) is 7.17. The molecule has 0 aliphatic rings. The number of thioether (sulfide) groups is 1. The van der Waals surface area contributed by atoms with Gasteiger partial charge in [0, 0.05) is 11.9 Å². The highest BCUT2D eigenvalue weighted by atomic mass is 32.2. The summed E-state index contributed by atoms with van der Waals surface area (Å²) in [5.41, 5.74) is -0.121. The smallest absolute Gasteiger partial charge is 0.313 e. The molecule has 0 atom stereocenters. The van der Waals surface area contributed by atoms with E-state index in [2.05, 4.69) is 4.98 Å². The zero-order valence-corrected chi connectivity index (χ0v) is 11.6. The summed E-state index contributed by atoms with van der Waals surface area (Å²) in [6.07, 6.45) is 0.863. The fraction of sp³-hybridized carbons (Fsp3) is 0.364. The van der Waals surface area contributed by atoms with Crippen molar-refractivity contribution in [2.24, 2.45) is 7.05 Å². The summed E-state index contributed by atoms with van der Waals surface area (Å²) < 4.78 is 1.40. The van der Waals surface area contributed by atoms with Crippen LogP contribution in [0, 0.1) is 0 Å². The Morgan fingerprint density at radius 3 is 2.94 bits per heavy atom. The van der Waals surface area contributed by atoms with Gasteiger partial charge in [-0.15, -0.1) is 11.3 Å². The molecule has 0 bridgehead atoms. The second-order valence-corrected chi connectivity index (χ2v) is 5.78. The standard InChI is InChI=1S/C11H12N2O3S2/c1-3-6-4-7-9(18-6)12-11(13(2)10(7)16)17-5-8(14)15/h4H,3,5H2,1-2H3,(H,14,15). The van der Waals surface area contributed by atoms with Gasteiger partial charge in [0.1, 0.15) is 4.83 Å². The maximum absolute atomic E-state index is 12.1. The van der Waals surface area contributed by atoms with Crippen LogP contribution in [0.3, 0.4) is 0 Å². The maximum atomic E-state index is 12.1. The molecule has 0 aliphatic carbocycles. The van der Waals surface area contributed by atoms with E-state index >= 15 is 0 Å². The molecule has 0 spiro atoms. The van der Waals surface area contributed by atoms with Crippen LogP contribution in [0.4, 0.5) is 0 Å². The molecule has 0 amide bonds. The van der Waals surface area contributed by atoms with Crippen LogP contribution in [0.15, 0.2) is 16.0 Å². The Morgan fingerprint density at radius 2 is 2.33 bits per heavy atom. The third-order valence-electron chi connectivity index (χ3n) is 2.46. The summed E-state index contributed by atoms with van der Waals surface area (Å²) in [5.74, 6) is -1.02. The third-order valence-corrected chi connectivity index (χ3v) is 4.64. The number of rotatable bonds is 4. The molecule has 2 rings (SSSR count). The van der Waals surface area contributed by atoms with Gasteiger partial charge in [-0.25, -0.2) is 4.98 Å². The number of carboxylic acids is 1. The lowest BCUT2D eigenvalue weighted by Gasteiger charge is -2.04. The van der Waals surface area contributed by atoms with Crippen molar-refractivity contribution in [1.29, 1.82) is 0 Å². The Morgan fingerprint density at radius 1 is 1.61 bits per heavy atom. The predicted octanol–water partition coefficient (Wildman–Crippen LogP) is 1.73. The summed E-state index contributed by atoms with van der Waals surface area (Å²) in [7, 11) is 1.61. The summed E-state index contributed by atoms with van der Waals surface area (Å²) >= 11 is 2.54. The number of aromatic nitrogens is 2. The van der Waals surface area contributed by atoms with Crippen molar-refractivity contribution in [1.82, 2.24) is 9.55 Å². The second-order valence-electron chi connectivity index (χ2n) is 3.73. The van der Waals surface area contributed by atoms with E-state index in [1.54, 1.807) is 7.05 Å². The van der Waals surface area contributed by atoms with Gasteiger partial charge in [-0.05, 0) is 12.5 Å². The molecule has 7 heteroatoms. The first-order valence-electron chi connectivity index (χ1n) is 5.37. The number of fused-ring (bicyclic) bond motifs is 1. The van der Waals surface area contributed by atoms with Crippen LogP contribution in [-0.4, -0.2) is 26.4 Å². The van der Waals surface area contributed by atoms with Gasteiger partial charge in [0.15, 0.2) is 5.16 Å². The highest BCUT2D eigenvalue weighted by molar-refractivity contribution is 7.99. The van der Waals surface area contributed by atoms with Crippen molar-refractivity contribution in [2.75, 3.05) is 5.75 Å². The highest BCUT2D eigenvalue weighted by Crippen LogP contribution is 2.24. The average Bonchev–Trinajstić information content (AvgIpc) is 2.75. The lowest BCUT2D eigenvalue weighted by molar-refractivity contribution is -0.133. The second kappa shape index (κ2) is 5.11. The van der Waals surface area contributed by atoms with Crippen molar-refractivity contribution in [2.45, 2.75) is 18.5 Å². The van der Waals surface area contributed by atoms with Crippen LogP contribution in [0.2, 0.25) is 0 Å². The Bertz CT molecular complexity index is 660. The quantitative estimate of drug-likeness (QED) is 0.684. The minimum Gasteiger partial charge on any atom is -0.481 e. The molecule has 1 N–H and O–H groups in total. The maximum Gasteiger partial charge on any atom is 0.313 e. The van der Waals surface area contributed by atoms with Crippen molar-refractivity contribution >= 4 is 39.3 Å². The zero-order chi connectivity index (χ0) is 13.3. The number of thiophene rings is 1. The zero-order valence-electron chi connectivity index (χ0n) is 9.97. The average molecular weight is 284 g/mol. The van der Waals surface area contributed by atoms with Gasteiger partial charge < -0.3 is 5.11 Å². The van der Waals surface area contributed by atoms with Crippen LogP contribution in [0.1, 0.15) is 11.8 Å². The summed E-state index contributed by atoms with van der Waals surface area (Å²) in [5, 5.41) is 9.71. The van der Waals surface area contributed by atoms with Crippen LogP contribution >= 0.6 is 23.1 Å². The van der Waals surface area contributed by atoms with E-state index in [1.165, 1.54) is 15.9 Å². The molecule has 96 valence electrons. The molecule has 18 heavy (non-hydrogen) atoms. The van der Waals surface area contributed by atoms with E-state index in [0.29, 0.717) is 15.4 Å². The lowest BCUT2D eigenvalue weighted by Crippen LogP contribution is -2.19. The van der Waals surface area contributed by atoms with Crippen molar-refractivity contribution < 1.29 is 9.90 Å². The molecule has 0 saturated heterocycles. The Labute approximate surface area is 111 Å². The topological polar surface area (TPSA) is 72.2 Å². The van der Waals surface area contributed by atoms with Gasteiger partial charge in [0.25, 0.3) is 5.56 Å². The van der Waals surface area contributed by atoms with E-state index < -0.39 is 5.97 Å². The van der Waals surface area contributed by atoms with E-state index in [9.17, 15) is 9.59 Å². The third kappa shape index (κ3) is 2.41. The molecule has 0 saturated carbocycles. The van der Waals surface area contributed by atoms with Crippen LogP contribution < -0.4 is 5.56 Å². The number of aryl methyl sites for hydroxylation is 1. The van der Waals surface area contributed by atoms with Crippen molar-refractivity contribution in [3.05, 3.63) is 21.3 Å². The summed E-state index contributed by atoms with van der Waals surface area (Å²) in [6.45, 7) is 2.02. The fourth-order valence-electron chi connectivity index (χ4n) is 1.53. The molecule has 5 nitrogen and oxygen atoms in total. The molecule has 2 aromatic rings. The normalized spacial score (nSPS) is 11.0. The van der Waals surface area contributed by atoms with Gasteiger partial charge in [0.05, 0.1) is 11.1 Å². The van der Waals surface area contributed by atoms with E-state index in [0.717, 1.165) is 23.1 Å². The monoisotopic (exact) mass is 284 g/mol. The Kier molecular flexibility index (Phi) is 3.72. The van der Waals surface area contributed by atoms with E-state index in [1.807, 2.05) is 13.0 Å². The number of carboxylic acid groups (broad SMARTS) is 1. The van der Waals surface area contributed by atoms with Gasteiger partial charge >= 0.3 is 5.97 Å². The number of hydrogen-bond acceptors (Lipinski definition) is 5. The molecule has 0 fully saturated rings. The van der Waals surface area contributed by atoms with Crippen LogP contribution in [0.25, 0.3) is 10.2 Å². The summed E-state index contributed by atoms with van der Waals surface area (Å²) in [4.78, 5) is 28.8. The Balaban J connectivity index is 2.52. The molecule has 0 aliphatic heterocycles. The van der Waals surface area contributed by atoms with Crippen LogP contribution in [0.5, 0.6) is 0 Å². The first-order chi connectivity index (χ1) is 8.52. The molecule has 2 heterocycles. The van der Waals surface area contributed by atoms with Gasteiger partial charge in [-0.3, -0.25) is 14.2 Å². The molecule has 0 radical (unpaired) electrons. The van der Waals surface area contributed by atoms with Gasteiger partial charge in [-0.1, -0.05) is 18.7 Å². The minimum absolute atomic E-state index is 0.0994. The largest absolute Gasteiger partial charge is 0.481 e. The summed E-state index contributed by atoms with van der Waals surface area (Å²) in [6, 6.07) is 1.86. The molecule has 0 aromatic carbocycles. The van der Waals surface area contributed by atoms with Crippen LogP contribution in [-0.2, 0) is 18.3 Å². The number of carbonyl (C=O) groups is 1. The lowest BCUT2D eigenvalue weighted by atomic mass is 10.3. The fourth-order valence-corrected chi connectivity index (χ4v) is 3.23. The molecular weight excluding hydrogens is 272 g/mol. The van der Waals surface area contributed by atoms with E-state index in [4.69, 9.17) is 5.11 Å². The van der Waals surface area contributed by atoms with E-state index in [-0.39, 0.29) is 11.3 Å². The first kappa shape index (κ1) is 13.1. The van der Waals surface area contributed by atoms with Crippen molar-refractivity contribution in [3.63, 3.8) is 0 Å². The minimum atomic E-state index is -0.922. The number of hydrogen-bond donors (Lipinski definition) is 1.